The summed E-state index contributed by atoms with van der Waals surface area (Å²) in [4.78, 5) is 23.3. The number of ketones is 1. The Balaban J connectivity index is 2.55. The molecule has 0 bridgehead atoms. The predicted octanol–water partition coefficient (Wildman–Crippen LogP) is 3.73. The molecule has 1 aliphatic rings. The average molecular weight is 381 g/mol. The van der Waals surface area contributed by atoms with E-state index in [1.807, 2.05) is 18.2 Å². The van der Waals surface area contributed by atoms with Crippen LogP contribution in [0.25, 0.3) is 0 Å². The third-order valence-corrected chi connectivity index (χ3v) is 5.23. The van der Waals surface area contributed by atoms with E-state index in [1.165, 1.54) is 7.11 Å². The van der Waals surface area contributed by atoms with Crippen LogP contribution >= 0.6 is 0 Å². The zero-order valence-electron chi connectivity index (χ0n) is 17.0. The number of carbonyl (C=O) groups excluding carboxylic acids is 2. The molecule has 1 unspecified atom stereocenters. The maximum absolute atomic E-state index is 12.2. The van der Waals surface area contributed by atoms with Gasteiger partial charge in [0.05, 0.1) is 18.8 Å². The summed E-state index contributed by atoms with van der Waals surface area (Å²) in [5.74, 6) is -0.648. The Kier molecular flexibility index (Phi) is 10.6. The number of hydrogen-bond donors (Lipinski definition) is 2. The molecule has 1 saturated carbocycles. The van der Waals surface area contributed by atoms with E-state index in [4.69, 9.17) is 0 Å². The van der Waals surface area contributed by atoms with E-state index in [2.05, 4.69) is 11.7 Å². The first-order valence-electron chi connectivity index (χ1n) is 10.1. The molecular weight excluding hydrogens is 344 g/mol. The molecule has 2 N–H and O–H groups in total. The van der Waals surface area contributed by atoms with Crippen molar-refractivity contribution >= 4 is 11.8 Å². The molecule has 0 heterocycles. The Morgan fingerprint density at radius 3 is 2.70 bits per heavy atom. The molecule has 4 atom stereocenters. The van der Waals surface area contributed by atoms with Crippen molar-refractivity contribution in [2.45, 2.75) is 83.3 Å². The summed E-state index contributed by atoms with van der Waals surface area (Å²) in [6.07, 6.45) is 13.3. The quantitative estimate of drug-likeness (QED) is 0.306. The Bertz CT molecular complexity index is 521. The second-order valence-electron chi connectivity index (χ2n) is 7.77. The zero-order chi connectivity index (χ0) is 20.3. The van der Waals surface area contributed by atoms with Crippen LogP contribution in [0.15, 0.2) is 24.3 Å². The molecule has 0 aliphatic heterocycles. The minimum absolute atomic E-state index is 0.0713. The van der Waals surface area contributed by atoms with Gasteiger partial charge in [-0.2, -0.15) is 0 Å². The number of carbonyl (C=O) groups is 2. The molecule has 5 heteroatoms. The van der Waals surface area contributed by atoms with Gasteiger partial charge in [-0.15, -0.1) is 0 Å². The fraction of sp³-hybridized carbons (Fsp3) is 0.727. The summed E-state index contributed by atoms with van der Waals surface area (Å²) in [5, 5.41) is 20.7. The molecule has 0 aromatic carbocycles. The lowest BCUT2D eigenvalue weighted by Gasteiger charge is -2.21. The highest BCUT2D eigenvalue weighted by Gasteiger charge is 2.39. The van der Waals surface area contributed by atoms with E-state index in [0.29, 0.717) is 25.7 Å². The number of esters is 1. The van der Waals surface area contributed by atoms with Crippen LogP contribution in [0.2, 0.25) is 0 Å². The van der Waals surface area contributed by atoms with E-state index in [-0.39, 0.29) is 30.0 Å². The van der Waals surface area contributed by atoms with Gasteiger partial charge >= 0.3 is 5.97 Å². The third-order valence-electron chi connectivity index (χ3n) is 5.23. The topological polar surface area (TPSA) is 83.8 Å². The van der Waals surface area contributed by atoms with Gasteiger partial charge in [-0.05, 0) is 32.6 Å². The molecule has 1 rings (SSSR count). The van der Waals surface area contributed by atoms with Crippen LogP contribution in [0.4, 0.5) is 0 Å². The van der Waals surface area contributed by atoms with E-state index < -0.39 is 11.7 Å². The van der Waals surface area contributed by atoms with E-state index >= 15 is 0 Å². The maximum atomic E-state index is 12.2. The fourth-order valence-electron chi connectivity index (χ4n) is 3.49. The van der Waals surface area contributed by atoms with Crippen LogP contribution in [0.5, 0.6) is 0 Å². The number of unbranched alkanes of at least 4 members (excludes halogenated alkanes) is 3. The summed E-state index contributed by atoms with van der Waals surface area (Å²) in [7, 11) is 1.38. The Labute approximate surface area is 163 Å². The normalized spacial score (nSPS) is 25.4. The molecule has 0 amide bonds. The second kappa shape index (κ2) is 12.1. The number of aliphatic hydroxyl groups excluding tert-OH is 1. The standard InChI is InChI=1S/C22H36O5/c1-4-5-10-14-22(2,26)15-13-18-17(19(23)16-20(18)24)11-8-6-7-9-12-21(25)27-3/h6,8,13,15,17-18,20,24,26H,4-5,7,9-12,14,16H2,1-3H3/b8-6+,15-13+/t17-,18?,20-,22+/m1/s1. The van der Waals surface area contributed by atoms with E-state index in [0.717, 1.165) is 25.7 Å². The highest BCUT2D eigenvalue weighted by atomic mass is 16.5. The number of aliphatic hydroxyl groups is 2. The van der Waals surface area contributed by atoms with Crippen LogP contribution < -0.4 is 0 Å². The van der Waals surface area contributed by atoms with Crippen molar-refractivity contribution in [3.8, 4) is 0 Å². The molecule has 154 valence electrons. The Morgan fingerprint density at radius 2 is 2.04 bits per heavy atom. The third kappa shape index (κ3) is 8.85. The van der Waals surface area contributed by atoms with Gasteiger partial charge in [-0.25, -0.2) is 0 Å². The summed E-state index contributed by atoms with van der Waals surface area (Å²) in [6.45, 7) is 3.90. The summed E-state index contributed by atoms with van der Waals surface area (Å²) in [6, 6.07) is 0. The lowest BCUT2D eigenvalue weighted by atomic mass is 9.88. The zero-order valence-corrected chi connectivity index (χ0v) is 17.0. The molecule has 0 aromatic heterocycles. The summed E-state index contributed by atoms with van der Waals surface area (Å²) < 4.78 is 4.60. The van der Waals surface area contributed by atoms with Crippen molar-refractivity contribution in [2.75, 3.05) is 7.11 Å². The number of ether oxygens (including phenoxy) is 1. The van der Waals surface area contributed by atoms with Crippen molar-refractivity contribution in [3.05, 3.63) is 24.3 Å². The molecular formula is C22H36O5. The number of methoxy groups -OCH3 is 1. The number of Topliss-reactive ketones (excluding diaryl/α,β-unsaturated/α-hetero) is 1. The molecule has 0 saturated heterocycles. The smallest absolute Gasteiger partial charge is 0.305 e. The van der Waals surface area contributed by atoms with Crippen LogP contribution in [0, 0.1) is 11.8 Å². The molecule has 0 radical (unpaired) electrons. The number of allylic oxidation sites excluding steroid dienone is 2. The fourth-order valence-corrected chi connectivity index (χ4v) is 3.49. The van der Waals surface area contributed by atoms with Crippen LogP contribution in [-0.4, -0.2) is 40.8 Å². The van der Waals surface area contributed by atoms with Crippen molar-refractivity contribution < 1.29 is 24.5 Å². The van der Waals surface area contributed by atoms with Crippen molar-refractivity contribution in [3.63, 3.8) is 0 Å². The minimum Gasteiger partial charge on any atom is -0.469 e. The monoisotopic (exact) mass is 380 g/mol. The summed E-state index contributed by atoms with van der Waals surface area (Å²) in [5.41, 5.74) is -0.908. The largest absolute Gasteiger partial charge is 0.469 e. The van der Waals surface area contributed by atoms with Crippen LogP contribution in [0.1, 0.15) is 71.6 Å². The number of rotatable bonds is 12. The molecule has 0 spiro atoms. The van der Waals surface area contributed by atoms with Gasteiger partial charge in [0.25, 0.3) is 0 Å². The molecule has 1 aliphatic carbocycles. The SMILES string of the molecule is CCCCC[C@](C)(O)/C=C/C1[C@H](O)CC(=O)[C@@H]1C/C=C/CCCC(=O)OC. The van der Waals surface area contributed by atoms with Crippen molar-refractivity contribution in [1.82, 2.24) is 0 Å². The average Bonchev–Trinajstić information content (AvgIpc) is 2.89. The molecule has 5 nitrogen and oxygen atoms in total. The van der Waals surface area contributed by atoms with Gasteiger partial charge in [-0.3, -0.25) is 9.59 Å². The predicted molar refractivity (Wildman–Crippen MR) is 106 cm³/mol. The van der Waals surface area contributed by atoms with Crippen LogP contribution in [-0.2, 0) is 14.3 Å². The lowest BCUT2D eigenvalue weighted by Crippen LogP contribution is -2.23. The first-order valence-corrected chi connectivity index (χ1v) is 10.1. The van der Waals surface area contributed by atoms with Gasteiger partial charge < -0.3 is 14.9 Å². The van der Waals surface area contributed by atoms with Gasteiger partial charge in [0.1, 0.15) is 5.78 Å². The van der Waals surface area contributed by atoms with Crippen molar-refractivity contribution in [1.29, 1.82) is 0 Å². The number of hydrogen-bond acceptors (Lipinski definition) is 5. The van der Waals surface area contributed by atoms with E-state index in [1.54, 1.807) is 13.0 Å². The van der Waals surface area contributed by atoms with Gasteiger partial charge in [-0.1, -0.05) is 50.5 Å². The second-order valence-corrected chi connectivity index (χ2v) is 7.77. The first-order chi connectivity index (χ1) is 12.8. The van der Waals surface area contributed by atoms with Gasteiger partial charge in [0.15, 0.2) is 0 Å². The first kappa shape index (κ1) is 23.6. The Morgan fingerprint density at radius 1 is 1.30 bits per heavy atom. The van der Waals surface area contributed by atoms with E-state index in [9.17, 15) is 19.8 Å². The minimum atomic E-state index is -0.908. The molecule has 27 heavy (non-hydrogen) atoms. The molecule has 1 fully saturated rings. The van der Waals surface area contributed by atoms with Crippen molar-refractivity contribution in [2.24, 2.45) is 11.8 Å². The maximum Gasteiger partial charge on any atom is 0.305 e. The van der Waals surface area contributed by atoms with Gasteiger partial charge in [0.2, 0.25) is 0 Å². The lowest BCUT2D eigenvalue weighted by molar-refractivity contribution is -0.140. The summed E-state index contributed by atoms with van der Waals surface area (Å²) >= 11 is 0. The highest BCUT2D eigenvalue weighted by molar-refractivity contribution is 5.84. The van der Waals surface area contributed by atoms with Gasteiger partial charge in [0, 0.05) is 24.7 Å². The molecule has 0 aromatic rings. The highest BCUT2D eigenvalue weighted by Crippen LogP contribution is 2.34. The Hall–Kier alpha value is -1.46. The van der Waals surface area contributed by atoms with Crippen LogP contribution in [0.3, 0.4) is 0 Å².